The van der Waals surface area contributed by atoms with Crippen LogP contribution < -0.4 is 10.2 Å². The summed E-state index contributed by atoms with van der Waals surface area (Å²) < 4.78 is 4.29. The van der Waals surface area contributed by atoms with E-state index >= 15 is 0 Å². The molecule has 1 saturated carbocycles. The van der Waals surface area contributed by atoms with Gasteiger partial charge in [0.05, 0.1) is 6.54 Å². The lowest BCUT2D eigenvalue weighted by Gasteiger charge is -1.97. The van der Waals surface area contributed by atoms with Crippen LogP contribution in [0.2, 0.25) is 0 Å². The molecule has 0 bridgehead atoms. The van der Waals surface area contributed by atoms with Crippen LogP contribution in [-0.2, 0) is 6.54 Å². The first-order valence-corrected chi connectivity index (χ1v) is 6.71. The number of aromatic nitrogens is 3. The summed E-state index contributed by atoms with van der Waals surface area (Å²) in [6.07, 6.45) is 2.43. The van der Waals surface area contributed by atoms with Gasteiger partial charge in [0.1, 0.15) is 5.82 Å². The van der Waals surface area contributed by atoms with Gasteiger partial charge in [-0.1, -0.05) is 11.3 Å². The molecule has 0 aliphatic heterocycles. The number of anilines is 1. The number of thiazole rings is 1. The maximum absolute atomic E-state index is 10.9. The Bertz CT molecular complexity index is 539. The molecule has 0 unspecified atom stereocenters. The number of hydrogen-bond donors (Lipinski definition) is 2. The Morgan fingerprint density at radius 3 is 3.12 bits per heavy atom. The van der Waals surface area contributed by atoms with Crippen molar-refractivity contribution in [3.63, 3.8) is 0 Å². The van der Waals surface area contributed by atoms with Crippen molar-refractivity contribution in [3.8, 4) is 0 Å². The molecule has 0 spiro atoms. The predicted molar refractivity (Wildman–Crippen MR) is 64.2 cm³/mol. The molecule has 7 heteroatoms. The highest BCUT2D eigenvalue weighted by molar-refractivity contribution is 7.09. The Labute approximate surface area is 99.7 Å². The molecule has 0 saturated heterocycles. The molecule has 1 fully saturated rings. The van der Waals surface area contributed by atoms with Gasteiger partial charge in [-0.3, -0.25) is 4.79 Å². The minimum atomic E-state index is -0.0206. The summed E-state index contributed by atoms with van der Waals surface area (Å²) in [6.45, 7) is 0.595. The van der Waals surface area contributed by atoms with Gasteiger partial charge >= 0.3 is 4.87 Å². The minimum Gasteiger partial charge on any atom is -0.355 e. The zero-order valence-electron chi connectivity index (χ0n) is 8.40. The topological polar surface area (TPSA) is 70.7 Å². The van der Waals surface area contributed by atoms with E-state index in [1.54, 1.807) is 0 Å². The maximum atomic E-state index is 10.9. The van der Waals surface area contributed by atoms with Crippen LogP contribution in [0.3, 0.4) is 0 Å². The van der Waals surface area contributed by atoms with Crippen molar-refractivity contribution in [3.05, 3.63) is 26.6 Å². The van der Waals surface area contributed by atoms with Gasteiger partial charge in [-0.2, -0.15) is 4.37 Å². The smallest absolute Gasteiger partial charge is 0.304 e. The number of H-pyrrole nitrogens is 1. The van der Waals surface area contributed by atoms with Crippen molar-refractivity contribution in [1.29, 1.82) is 0 Å². The molecule has 1 aliphatic rings. The monoisotopic (exact) mass is 254 g/mol. The van der Waals surface area contributed by atoms with E-state index in [-0.39, 0.29) is 4.87 Å². The Balaban J connectivity index is 1.63. The number of aromatic amines is 1. The van der Waals surface area contributed by atoms with Gasteiger partial charge in [0.25, 0.3) is 0 Å². The Morgan fingerprint density at radius 2 is 2.44 bits per heavy atom. The quantitative estimate of drug-likeness (QED) is 0.872. The average Bonchev–Trinajstić information content (AvgIpc) is 2.87. The lowest BCUT2D eigenvalue weighted by Crippen LogP contribution is -2.02. The zero-order chi connectivity index (χ0) is 11.0. The number of nitrogens with zero attached hydrogens (tertiary/aromatic N) is 2. The van der Waals surface area contributed by atoms with Crippen LogP contribution in [0.15, 0.2) is 10.2 Å². The third-order valence-corrected chi connectivity index (χ3v) is 3.79. The second kappa shape index (κ2) is 3.99. The average molecular weight is 254 g/mol. The van der Waals surface area contributed by atoms with Crippen LogP contribution in [0.5, 0.6) is 0 Å². The maximum Gasteiger partial charge on any atom is 0.304 e. The highest BCUT2D eigenvalue weighted by atomic mass is 32.1. The van der Waals surface area contributed by atoms with Crippen molar-refractivity contribution in [2.24, 2.45) is 0 Å². The summed E-state index contributed by atoms with van der Waals surface area (Å²) in [4.78, 5) is 18.0. The van der Waals surface area contributed by atoms with E-state index in [2.05, 4.69) is 19.7 Å². The Kier molecular flexibility index (Phi) is 2.49. The summed E-state index contributed by atoms with van der Waals surface area (Å²) in [5, 5.41) is 5.80. The first-order chi connectivity index (χ1) is 7.81. The van der Waals surface area contributed by atoms with Gasteiger partial charge in [-0.05, 0) is 12.8 Å². The Hall–Kier alpha value is -1.21. The lowest BCUT2D eigenvalue weighted by molar-refractivity contribution is 0.975. The highest BCUT2D eigenvalue weighted by Gasteiger charge is 2.27. The van der Waals surface area contributed by atoms with E-state index in [0.29, 0.717) is 12.5 Å². The second-order valence-electron chi connectivity index (χ2n) is 3.76. The second-order valence-corrected chi connectivity index (χ2v) is 5.35. The van der Waals surface area contributed by atoms with Crippen molar-refractivity contribution >= 4 is 28.0 Å². The summed E-state index contributed by atoms with van der Waals surface area (Å²) in [5.41, 5.74) is 0.887. The van der Waals surface area contributed by atoms with Gasteiger partial charge in [0.15, 0.2) is 0 Å². The molecule has 0 radical (unpaired) electrons. The molecule has 0 aromatic carbocycles. The van der Waals surface area contributed by atoms with Gasteiger partial charge in [0, 0.05) is 28.5 Å². The summed E-state index contributed by atoms with van der Waals surface area (Å²) in [6, 6.07) is 0. The molecule has 0 atom stereocenters. The van der Waals surface area contributed by atoms with Crippen LogP contribution in [0.25, 0.3) is 0 Å². The van der Waals surface area contributed by atoms with E-state index in [4.69, 9.17) is 0 Å². The summed E-state index contributed by atoms with van der Waals surface area (Å²) >= 11 is 2.56. The van der Waals surface area contributed by atoms with Crippen LogP contribution in [0, 0.1) is 0 Å². The van der Waals surface area contributed by atoms with Crippen LogP contribution in [0.1, 0.15) is 30.3 Å². The van der Waals surface area contributed by atoms with Crippen molar-refractivity contribution < 1.29 is 0 Å². The summed E-state index contributed by atoms with van der Waals surface area (Å²) in [7, 11) is 0. The molecule has 2 N–H and O–H groups in total. The van der Waals surface area contributed by atoms with Gasteiger partial charge < -0.3 is 10.3 Å². The van der Waals surface area contributed by atoms with E-state index in [9.17, 15) is 4.79 Å². The molecule has 2 aromatic rings. The van der Waals surface area contributed by atoms with Crippen molar-refractivity contribution in [2.75, 3.05) is 5.32 Å². The van der Waals surface area contributed by atoms with Gasteiger partial charge in [-0.25, -0.2) is 4.98 Å². The third kappa shape index (κ3) is 2.14. The van der Waals surface area contributed by atoms with E-state index in [1.807, 2.05) is 5.38 Å². The van der Waals surface area contributed by atoms with Gasteiger partial charge in [0.2, 0.25) is 5.13 Å². The SMILES string of the molecule is O=c1[nH]c(CNc2nc(C3CC3)ns2)cs1. The number of nitrogens with one attached hydrogen (secondary N) is 2. The standard InChI is InChI=1S/C9H10N4OS2/c14-9-11-6(4-15-9)3-10-8-12-7(13-16-8)5-1-2-5/h4-5H,1-3H2,(H,11,14)(H,10,12,13). The molecular weight excluding hydrogens is 244 g/mol. The minimum absolute atomic E-state index is 0.0206. The molecular formula is C9H10N4OS2. The lowest BCUT2D eigenvalue weighted by atomic mass is 10.4. The zero-order valence-corrected chi connectivity index (χ0v) is 10.0. The molecule has 1 aliphatic carbocycles. The first kappa shape index (κ1) is 9.98. The number of rotatable bonds is 4. The fourth-order valence-corrected chi connectivity index (χ4v) is 2.61. The van der Waals surface area contributed by atoms with E-state index < -0.39 is 0 Å². The van der Waals surface area contributed by atoms with Crippen LogP contribution in [0.4, 0.5) is 5.13 Å². The fourth-order valence-electron chi connectivity index (χ4n) is 1.39. The molecule has 0 amide bonds. The van der Waals surface area contributed by atoms with E-state index in [1.165, 1.54) is 35.7 Å². The predicted octanol–water partition coefficient (Wildman–Crippen LogP) is 1.78. The van der Waals surface area contributed by atoms with Crippen molar-refractivity contribution in [2.45, 2.75) is 25.3 Å². The van der Waals surface area contributed by atoms with Crippen molar-refractivity contribution in [1.82, 2.24) is 14.3 Å². The normalized spacial score (nSPS) is 15.2. The third-order valence-electron chi connectivity index (χ3n) is 2.39. The largest absolute Gasteiger partial charge is 0.355 e. The van der Waals surface area contributed by atoms with E-state index in [0.717, 1.165) is 16.6 Å². The van der Waals surface area contributed by atoms with Crippen LogP contribution in [-0.4, -0.2) is 14.3 Å². The molecule has 5 nitrogen and oxygen atoms in total. The fraction of sp³-hybridized carbons (Fsp3) is 0.444. The number of hydrogen-bond acceptors (Lipinski definition) is 6. The highest BCUT2D eigenvalue weighted by Crippen LogP contribution is 2.39. The summed E-state index contributed by atoms with van der Waals surface area (Å²) in [5.74, 6) is 1.55. The molecule has 2 aromatic heterocycles. The molecule has 16 heavy (non-hydrogen) atoms. The first-order valence-electron chi connectivity index (χ1n) is 5.05. The molecule has 84 valence electrons. The molecule has 2 heterocycles. The Morgan fingerprint density at radius 1 is 1.56 bits per heavy atom. The van der Waals surface area contributed by atoms with Gasteiger partial charge in [-0.15, -0.1) is 0 Å². The molecule has 3 rings (SSSR count). The van der Waals surface area contributed by atoms with Crippen LogP contribution >= 0.6 is 22.9 Å².